The highest BCUT2D eigenvalue weighted by Crippen LogP contribution is 2.16. The minimum Gasteiger partial charge on any atom is -0.469 e. The zero-order chi connectivity index (χ0) is 12.0. The standard InChI is InChI=1S/C9H12F2N2O2S/c1-15-8(14)3-2-6-5-16-9(13-6)12-4-7(10)11/h5,7H,2-4H2,1H3,(H,12,13). The van der Waals surface area contributed by atoms with Crippen LogP contribution < -0.4 is 5.32 Å². The van der Waals surface area contributed by atoms with Gasteiger partial charge in [-0.25, -0.2) is 13.8 Å². The Bertz CT molecular complexity index is 344. The van der Waals surface area contributed by atoms with Crippen LogP contribution in [-0.2, 0) is 16.0 Å². The van der Waals surface area contributed by atoms with Gasteiger partial charge >= 0.3 is 5.97 Å². The van der Waals surface area contributed by atoms with Gasteiger partial charge in [-0.3, -0.25) is 4.79 Å². The molecule has 0 radical (unpaired) electrons. The van der Waals surface area contributed by atoms with Crippen LogP contribution in [0.1, 0.15) is 12.1 Å². The molecule has 90 valence electrons. The fraction of sp³-hybridized carbons (Fsp3) is 0.556. The average Bonchev–Trinajstić information content (AvgIpc) is 2.71. The highest BCUT2D eigenvalue weighted by Gasteiger charge is 2.07. The molecule has 0 fully saturated rings. The Morgan fingerprint density at radius 1 is 1.69 bits per heavy atom. The van der Waals surface area contributed by atoms with Crippen LogP contribution in [0.4, 0.5) is 13.9 Å². The van der Waals surface area contributed by atoms with E-state index in [1.54, 1.807) is 5.38 Å². The number of aryl methyl sites for hydroxylation is 1. The van der Waals surface area contributed by atoms with E-state index in [1.165, 1.54) is 18.4 Å². The van der Waals surface area contributed by atoms with Gasteiger partial charge < -0.3 is 10.1 Å². The van der Waals surface area contributed by atoms with Crippen molar-refractivity contribution in [2.75, 3.05) is 19.0 Å². The van der Waals surface area contributed by atoms with Crippen molar-refractivity contribution in [2.45, 2.75) is 19.3 Å². The Balaban J connectivity index is 2.36. The van der Waals surface area contributed by atoms with E-state index in [4.69, 9.17) is 0 Å². The van der Waals surface area contributed by atoms with Gasteiger partial charge in [-0.1, -0.05) is 0 Å². The second kappa shape index (κ2) is 6.37. The SMILES string of the molecule is COC(=O)CCc1csc(NCC(F)F)n1. The van der Waals surface area contributed by atoms with E-state index in [1.807, 2.05) is 0 Å². The van der Waals surface area contributed by atoms with Crippen molar-refractivity contribution in [2.24, 2.45) is 0 Å². The summed E-state index contributed by atoms with van der Waals surface area (Å²) in [6.07, 6.45) is -1.70. The van der Waals surface area contributed by atoms with Crippen LogP contribution >= 0.6 is 11.3 Å². The number of methoxy groups -OCH3 is 1. The molecule has 7 heteroatoms. The van der Waals surface area contributed by atoms with Crippen molar-refractivity contribution >= 4 is 22.4 Å². The molecule has 0 saturated heterocycles. The van der Waals surface area contributed by atoms with Crippen LogP contribution in [0.25, 0.3) is 0 Å². The Morgan fingerprint density at radius 3 is 3.06 bits per heavy atom. The summed E-state index contributed by atoms with van der Waals surface area (Å²) in [4.78, 5) is 14.9. The number of hydrogen-bond donors (Lipinski definition) is 1. The first-order valence-corrected chi connectivity index (χ1v) is 5.53. The van der Waals surface area contributed by atoms with Crippen molar-refractivity contribution in [3.8, 4) is 0 Å². The summed E-state index contributed by atoms with van der Waals surface area (Å²) in [6, 6.07) is 0. The third-order valence-electron chi connectivity index (χ3n) is 1.77. The fourth-order valence-corrected chi connectivity index (χ4v) is 1.75. The highest BCUT2D eigenvalue weighted by atomic mass is 32.1. The van der Waals surface area contributed by atoms with Gasteiger partial charge in [-0.2, -0.15) is 0 Å². The van der Waals surface area contributed by atoms with Crippen molar-refractivity contribution in [3.05, 3.63) is 11.1 Å². The monoisotopic (exact) mass is 250 g/mol. The number of rotatable bonds is 6. The number of thiazole rings is 1. The van der Waals surface area contributed by atoms with Crippen molar-refractivity contribution in [1.29, 1.82) is 0 Å². The summed E-state index contributed by atoms with van der Waals surface area (Å²) in [7, 11) is 1.32. The lowest BCUT2D eigenvalue weighted by Gasteiger charge is -1.99. The molecule has 0 spiro atoms. The zero-order valence-electron chi connectivity index (χ0n) is 8.70. The lowest BCUT2D eigenvalue weighted by atomic mass is 10.2. The molecule has 0 aliphatic carbocycles. The number of anilines is 1. The number of ether oxygens (including phenoxy) is 1. The third-order valence-corrected chi connectivity index (χ3v) is 2.62. The summed E-state index contributed by atoms with van der Waals surface area (Å²) < 4.78 is 28.2. The second-order valence-electron chi connectivity index (χ2n) is 2.99. The highest BCUT2D eigenvalue weighted by molar-refractivity contribution is 7.13. The maximum atomic E-state index is 11.9. The molecule has 0 aliphatic rings. The fourth-order valence-electron chi connectivity index (χ4n) is 1.000. The van der Waals surface area contributed by atoms with E-state index in [9.17, 15) is 13.6 Å². The normalized spacial score (nSPS) is 10.5. The van der Waals surface area contributed by atoms with Crippen LogP contribution in [0.2, 0.25) is 0 Å². The Morgan fingerprint density at radius 2 is 2.44 bits per heavy atom. The Kier molecular flexibility index (Phi) is 5.10. The number of carbonyl (C=O) groups excluding carboxylic acids is 1. The Hall–Kier alpha value is -1.24. The average molecular weight is 250 g/mol. The van der Waals surface area contributed by atoms with E-state index >= 15 is 0 Å². The summed E-state index contributed by atoms with van der Waals surface area (Å²) in [5, 5.41) is 4.68. The number of carbonyl (C=O) groups is 1. The zero-order valence-corrected chi connectivity index (χ0v) is 9.52. The molecular weight excluding hydrogens is 238 g/mol. The number of aromatic nitrogens is 1. The summed E-state index contributed by atoms with van der Waals surface area (Å²) in [5.41, 5.74) is 0.701. The lowest BCUT2D eigenvalue weighted by molar-refractivity contribution is -0.140. The maximum absolute atomic E-state index is 11.9. The molecule has 1 aromatic rings. The first kappa shape index (κ1) is 12.8. The van der Waals surface area contributed by atoms with Crippen molar-refractivity contribution < 1.29 is 18.3 Å². The molecule has 1 aromatic heterocycles. The molecule has 0 bridgehead atoms. The minimum atomic E-state index is -2.40. The maximum Gasteiger partial charge on any atom is 0.305 e. The van der Waals surface area contributed by atoms with Crippen LogP contribution in [0.5, 0.6) is 0 Å². The van der Waals surface area contributed by atoms with Crippen LogP contribution in [0, 0.1) is 0 Å². The quantitative estimate of drug-likeness (QED) is 0.784. The smallest absolute Gasteiger partial charge is 0.305 e. The number of nitrogens with zero attached hydrogens (tertiary/aromatic N) is 1. The first-order chi connectivity index (χ1) is 7.61. The molecule has 1 heterocycles. The van der Waals surface area contributed by atoms with E-state index in [2.05, 4.69) is 15.0 Å². The Labute approximate surface area is 95.6 Å². The summed E-state index contributed by atoms with van der Waals surface area (Å²) in [5.74, 6) is -0.310. The van der Waals surface area contributed by atoms with E-state index in [-0.39, 0.29) is 12.4 Å². The summed E-state index contributed by atoms with van der Waals surface area (Å²) >= 11 is 1.24. The predicted octanol–water partition coefficient (Wildman–Crippen LogP) is 1.93. The molecule has 0 atom stereocenters. The van der Waals surface area contributed by atoms with Gasteiger partial charge in [0.2, 0.25) is 0 Å². The summed E-state index contributed by atoms with van der Waals surface area (Å²) in [6.45, 7) is -0.413. The van der Waals surface area contributed by atoms with Gasteiger partial charge in [0, 0.05) is 11.8 Å². The number of alkyl halides is 2. The van der Waals surface area contributed by atoms with Gasteiger partial charge in [0.25, 0.3) is 6.43 Å². The minimum absolute atomic E-state index is 0.245. The number of hydrogen-bond acceptors (Lipinski definition) is 5. The van der Waals surface area contributed by atoms with E-state index < -0.39 is 13.0 Å². The molecule has 0 saturated carbocycles. The molecule has 1 rings (SSSR count). The number of nitrogens with one attached hydrogen (secondary N) is 1. The van der Waals surface area contributed by atoms with Gasteiger partial charge in [-0.05, 0) is 0 Å². The predicted molar refractivity (Wildman–Crippen MR) is 56.9 cm³/mol. The molecule has 4 nitrogen and oxygen atoms in total. The van der Waals surface area contributed by atoms with Crippen LogP contribution in [0.3, 0.4) is 0 Å². The molecule has 1 N–H and O–H groups in total. The largest absolute Gasteiger partial charge is 0.469 e. The van der Waals surface area contributed by atoms with Gasteiger partial charge in [0.1, 0.15) is 0 Å². The number of halogens is 2. The van der Waals surface area contributed by atoms with Crippen molar-refractivity contribution in [3.63, 3.8) is 0 Å². The molecule has 0 unspecified atom stereocenters. The molecular formula is C9H12F2N2O2S. The molecule has 0 aliphatic heterocycles. The van der Waals surface area contributed by atoms with Gasteiger partial charge in [-0.15, -0.1) is 11.3 Å². The van der Waals surface area contributed by atoms with Gasteiger partial charge in [0.15, 0.2) is 5.13 Å². The third kappa shape index (κ3) is 4.52. The molecule has 0 amide bonds. The van der Waals surface area contributed by atoms with E-state index in [0.29, 0.717) is 17.2 Å². The lowest BCUT2D eigenvalue weighted by Crippen LogP contribution is -2.10. The second-order valence-corrected chi connectivity index (χ2v) is 3.85. The number of esters is 1. The van der Waals surface area contributed by atoms with Crippen LogP contribution in [-0.4, -0.2) is 31.0 Å². The topological polar surface area (TPSA) is 51.2 Å². The van der Waals surface area contributed by atoms with Gasteiger partial charge in [0.05, 0.1) is 25.8 Å². The molecule has 16 heavy (non-hydrogen) atoms. The molecule has 0 aromatic carbocycles. The first-order valence-electron chi connectivity index (χ1n) is 4.65. The van der Waals surface area contributed by atoms with Crippen LogP contribution in [0.15, 0.2) is 5.38 Å². The van der Waals surface area contributed by atoms with Crippen molar-refractivity contribution in [1.82, 2.24) is 4.98 Å². The van der Waals surface area contributed by atoms with E-state index in [0.717, 1.165) is 0 Å².